The molecule has 3 aromatic carbocycles. The van der Waals surface area contributed by atoms with E-state index in [9.17, 15) is 9.18 Å². The van der Waals surface area contributed by atoms with Crippen molar-refractivity contribution in [2.45, 2.75) is 26.5 Å². The summed E-state index contributed by atoms with van der Waals surface area (Å²) >= 11 is 0. The van der Waals surface area contributed by atoms with Crippen molar-refractivity contribution in [3.63, 3.8) is 0 Å². The van der Waals surface area contributed by atoms with Crippen LogP contribution in [0.4, 0.5) is 20.6 Å². The number of benzene rings is 3. The summed E-state index contributed by atoms with van der Waals surface area (Å²) in [5, 5.41) is 9.83. The summed E-state index contributed by atoms with van der Waals surface area (Å²) in [6, 6.07) is 16.8. The maximum Gasteiger partial charge on any atom is 0.323 e. The van der Waals surface area contributed by atoms with Gasteiger partial charge in [-0.2, -0.15) is 5.10 Å². The minimum atomic E-state index is -0.682. The molecular formula is C29H27FN6O4. The Labute approximate surface area is 229 Å². The second-order valence-electron chi connectivity index (χ2n) is 9.10. The van der Waals surface area contributed by atoms with Gasteiger partial charge in [0.2, 0.25) is 5.88 Å². The Morgan fingerprint density at radius 2 is 1.85 bits per heavy atom. The summed E-state index contributed by atoms with van der Waals surface area (Å²) in [6.45, 7) is 4.29. The van der Waals surface area contributed by atoms with Crippen molar-refractivity contribution in [3.8, 4) is 23.1 Å². The van der Waals surface area contributed by atoms with E-state index in [4.69, 9.17) is 14.2 Å². The molecule has 0 spiro atoms. The first kappa shape index (κ1) is 26.4. The molecule has 0 aliphatic carbocycles. The topological polar surface area (TPSA) is 112 Å². The number of amides is 2. The molecule has 5 aromatic rings. The zero-order valence-corrected chi connectivity index (χ0v) is 22.1. The van der Waals surface area contributed by atoms with Crippen LogP contribution in [0.3, 0.4) is 0 Å². The Balaban J connectivity index is 1.30. The van der Waals surface area contributed by atoms with Gasteiger partial charge in [-0.3, -0.25) is 4.68 Å². The highest BCUT2D eigenvalue weighted by molar-refractivity contribution is 5.99. The van der Waals surface area contributed by atoms with Crippen LogP contribution in [0.5, 0.6) is 23.1 Å². The fraction of sp³-hybridized carbons (Fsp3) is 0.172. The molecule has 204 valence electrons. The third kappa shape index (κ3) is 6.09. The molecule has 0 aliphatic rings. The minimum absolute atomic E-state index is 0.0180. The van der Waals surface area contributed by atoms with E-state index in [1.54, 1.807) is 23.0 Å². The Morgan fingerprint density at radius 1 is 1.02 bits per heavy atom. The number of anilines is 2. The van der Waals surface area contributed by atoms with Gasteiger partial charge in [-0.15, -0.1) is 0 Å². The van der Waals surface area contributed by atoms with E-state index in [0.29, 0.717) is 34.7 Å². The molecule has 2 aromatic heterocycles. The number of halogens is 1. The molecule has 0 fully saturated rings. The Kier molecular flexibility index (Phi) is 7.72. The van der Waals surface area contributed by atoms with Gasteiger partial charge in [0.25, 0.3) is 0 Å². The summed E-state index contributed by atoms with van der Waals surface area (Å²) in [7, 11) is 1.54. The van der Waals surface area contributed by atoms with Crippen LogP contribution in [0.15, 0.2) is 79.4 Å². The lowest BCUT2D eigenvalue weighted by Crippen LogP contribution is -2.19. The number of carbonyl (C=O) groups is 1. The van der Waals surface area contributed by atoms with Crippen molar-refractivity contribution in [3.05, 3.63) is 90.8 Å². The van der Waals surface area contributed by atoms with E-state index >= 15 is 0 Å². The summed E-state index contributed by atoms with van der Waals surface area (Å²) < 4.78 is 34.0. The average molecular weight is 543 g/mol. The molecule has 2 heterocycles. The predicted octanol–water partition coefficient (Wildman–Crippen LogP) is 6.57. The van der Waals surface area contributed by atoms with Crippen LogP contribution < -0.4 is 24.8 Å². The number of aromatic nitrogens is 4. The van der Waals surface area contributed by atoms with Gasteiger partial charge in [-0.25, -0.2) is 19.2 Å². The van der Waals surface area contributed by atoms with E-state index in [1.165, 1.54) is 31.8 Å². The van der Waals surface area contributed by atoms with Crippen LogP contribution in [0.1, 0.15) is 25.5 Å². The number of ether oxygens (including phenoxy) is 3. The lowest BCUT2D eigenvalue weighted by Gasteiger charge is -2.14. The monoisotopic (exact) mass is 542 g/mol. The molecule has 0 aliphatic heterocycles. The third-order valence-corrected chi connectivity index (χ3v) is 5.91. The fourth-order valence-corrected chi connectivity index (χ4v) is 3.87. The number of hydrogen-bond donors (Lipinski definition) is 2. The van der Waals surface area contributed by atoms with Crippen molar-refractivity contribution in [2.75, 3.05) is 17.7 Å². The molecular weight excluding hydrogens is 515 g/mol. The van der Waals surface area contributed by atoms with E-state index in [1.807, 2.05) is 44.2 Å². The van der Waals surface area contributed by atoms with Crippen molar-refractivity contribution < 1.29 is 23.4 Å². The van der Waals surface area contributed by atoms with E-state index < -0.39 is 11.8 Å². The summed E-state index contributed by atoms with van der Waals surface area (Å²) in [5.41, 5.74) is 2.04. The molecule has 40 heavy (non-hydrogen) atoms. The molecule has 0 saturated heterocycles. The van der Waals surface area contributed by atoms with Crippen LogP contribution >= 0.6 is 0 Å². The first-order valence-electron chi connectivity index (χ1n) is 12.5. The van der Waals surface area contributed by atoms with Gasteiger partial charge in [-0.05, 0) is 37.6 Å². The Hall–Kier alpha value is -5.19. The number of nitrogens with one attached hydrogen (secondary N) is 2. The number of carbonyl (C=O) groups excluding carboxylic acids is 1. The normalized spacial score (nSPS) is 10.9. The molecule has 2 amide bonds. The zero-order chi connectivity index (χ0) is 28.1. The fourth-order valence-electron chi connectivity index (χ4n) is 3.87. The average Bonchev–Trinajstić information content (AvgIpc) is 3.42. The minimum Gasteiger partial charge on any atom is -0.493 e. The number of nitrogens with zero attached hydrogens (tertiary/aromatic N) is 4. The van der Waals surface area contributed by atoms with Gasteiger partial charge in [0.05, 0.1) is 35.6 Å². The highest BCUT2D eigenvalue weighted by atomic mass is 19.1. The van der Waals surface area contributed by atoms with E-state index in [0.717, 1.165) is 11.6 Å². The van der Waals surface area contributed by atoms with Crippen molar-refractivity contribution in [1.82, 2.24) is 19.7 Å². The molecule has 0 bridgehead atoms. The smallest absolute Gasteiger partial charge is 0.323 e. The molecule has 0 unspecified atom stereocenters. The molecule has 11 heteroatoms. The summed E-state index contributed by atoms with van der Waals surface area (Å²) in [6.07, 6.45) is 4.56. The maximum absolute atomic E-state index is 14.9. The van der Waals surface area contributed by atoms with Gasteiger partial charge >= 0.3 is 6.03 Å². The van der Waals surface area contributed by atoms with E-state index in [-0.39, 0.29) is 23.4 Å². The molecule has 0 saturated carbocycles. The van der Waals surface area contributed by atoms with Crippen LogP contribution in [-0.4, -0.2) is 32.9 Å². The highest BCUT2D eigenvalue weighted by Crippen LogP contribution is 2.36. The SMILES string of the molecule is COc1cc2c(Oc3ccc(NC(=O)Nc4cnn(C(C)C)c4)c(F)c3)ncnc2cc1OCc1ccccc1. The maximum atomic E-state index is 14.9. The number of methoxy groups -OCH3 is 1. The van der Waals surface area contributed by atoms with Gasteiger partial charge < -0.3 is 24.8 Å². The van der Waals surface area contributed by atoms with Crippen LogP contribution in [-0.2, 0) is 6.61 Å². The van der Waals surface area contributed by atoms with Crippen molar-refractivity contribution in [2.24, 2.45) is 0 Å². The first-order valence-corrected chi connectivity index (χ1v) is 12.5. The second-order valence-corrected chi connectivity index (χ2v) is 9.10. The highest BCUT2D eigenvalue weighted by Gasteiger charge is 2.15. The third-order valence-electron chi connectivity index (χ3n) is 5.91. The predicted molar refractivity (Wildman–Crippen MR) is 149 cm³/mol. The van der Waals surface area contributed by atoms with Gasteiger partial charge in [0, 0.05) is 24.4 Å². The lowest BCUT2D eigenvalue weighted by atomic mass is 10.2. The van der Waals surface area contributed by atoms with Crippen LogP contribution in [0, 0.1) is 5.82 Å². The van der Waals surface area contributed by atoms with Gasteiger partial charge in [0.1, 0.15) is 24.5 Å². The summed E-state index contributed by atoms with van der Waals surface area (Å²) in [5.74, 6) is 0.694. The van der Waals surface area contributed by atoms with Gasteiger partial charge in [0.15, 0.2) is 11.5 Å². The van der Waals surface area contributed by atoms with Gasteiger partial charge in [-0.1, -0.05) is 30.3 Å². The second kappa shape index (κ2) is 11.7. The van der Waals surface area contributed by atoms with E-state index in [2.05, 4.69) is 25.7 Å². The molecule has 5 rings (SSSR count). The standard InChI is InChI=1S/C29H27FN6O4/c1-18(2)36-15-20(14-33-36)34-29(37)35-24-10-9-21(11-23(24)30)40-28-22-12-26(38-3)27(13-25(22)31-17-32-28)39-16-19-7-5-4-6-8-19/h4-15,17-18H,16H2,1-3H3,(H2,34,35,37). The number of urea groups is 1. The lowest BCUT2D eigenvalue weighted by molar-refractivity contribution is 0.262. The number of rotatable bonds is 9. The molecule has 0 radical (unpaired) electrons. The van der Waals surface area contributed by atoms with Crippen LogP contribution in [0.2, 0.25) is 0 Å². The van der Waals surface area contributed by atoms with Crippen molar-refractivity contribution in [1.29, 1.82) is 0 Å². The number of fused-ring (bicyclic) bond motifs is 1. The van der Waals surface area contributed by atoms with Crippen LogP contribution in [0.25, 0.3) is 10.9 Å². The molecule has 0 atom stereocenters. The molecule has 10 nitrogen and oxygen atoms in total. The Bertz CT molecular complexity index is 1640. The Morgan fingerprint density at radius 3 is 2.58 bits per heavy atom. The first-order chi connectivity index (χ1) is 19.4. The zero-order valence-electron chi connectivity index (χ0n) is 22.1. The number of hydrogen-bond acceptors (Lipinski definition) is 7. The largest absolute Gasteiger partial charge is 0.493 e. The molecule has 2 N–H and O–H groups in total. The quantitative estimate of drug-likeness (QED) is 0.217. The summed E-state index contributed by atoms with van der Waals surface area (Å²) in [4.78, 5) is 20.9. The van der Waals surface area contributed by atoms with Crippen molar-refractivity contribution >= 4 is 28.3 Å².